The Kier molecular flexibility index (Phi) is 5.49. The molecule has 1 atom stereocenters. The maximum Gasteiger partial charge on any atom is 0.221 e. The van der Waals surface area contributed by atoms with E-state index in [4.69, 9.17) is 16.3 Å². The monoisotopic (exact) mass is 243 g/mol. The second-order valence-electron chi connectivity index (χ2n) is 3.67. The maximum absolute atomic E-state index is 5.88. The molecule has 16 heavy (non-hydrogen) atoms. The predicted molar refractivity (Wildman–Crippen MR) is 65.0 cm³/mol. The highest BCUT2D eigenvalue weighted by atomic mass is 35.5. The van der Waals surface area contributed by atoms with Gasteiger partial charge >= 0.3 is 0 Å². The van der Waals surface area contributed by atoms with Crippen molar-refractivity contribution < 1.29 is 4.74 Å². The van der Waals surface area contributed by atoms with Crippen LogP contribution in [0.4, 0.5) is 0 Å². The molecule has 0 aliphatic carbocycles. The summed E-state index contributed by atoms with van der Waals surface area (Å²) in [5, 5.41) is 3.70. The van der Waals surface area contributed by atoms with Crippen LogP contribution < -0.4 is 10.1 Å². The lowest BCUT2D eigenvalue weighted by Crippen LogP contribution is -2.22. The fourth-order valence-corrected chi connectivity index (χ4v) is 1.39. The van der Waals surface area contributed by atoms with E-state index < -0.39 is 0 Å². The Morgan fingerprint density at radius 2 is 2.25 bits per heavy atom. The van der Waals surface area contributed by atoms with Crippen molar-refractivity contribution >= 4 is 11.6 Å². The van der Waals surface area contributed by atoms with Gasteiger partial charge in [0.1, 0.15) is 11.5 Å². The van der Waals surface area contributed by atoms with Crippen LogP contribution in [0.1, 0.15) is 25.8 Å². The van der Waals surface area contributed by atoms with Crippen molar-refractivity contribution in [1.82, 2.24) is 15.3 Å². The van der Waals surface area contributed by atoms with Crippen LogP contribution in [0.15, 0.2) is 6.33 Å². The van der Waals surface area contributed by atoms with Gasteiger partial charge in [-0.15, -0.1) is 0 Å². The normalized spacial score (nSPS) is 12.5. The minimum absolute atomic E-state index is 0.115. The lowest BCUT2D eigenvalue weighted by molar-refractivity contribution is 0.200. The summed E-state index contributed by atoms with van der Waals surface area (Å²) in [6.07, 6.45) is 2.47. The van der Waals surface area contributed by atoms with Gasteiger partial charge in [-0.25, -0.2) is 9.97 Å². The quantitative estimate of drug-likeness (QED) is 0.615. The topological polar surface area (TPSA) is 47.0 Å². The number of nitrogens with zero attached hydrogens (tertiary/aromatic N) is 2. The summed E-state index contributed by atoms with van der Waals surface area (Å²) in [5.74, 6) is 0.573. The number of halogens is 1. The Hall–Kier alpha value is -0.870. The Labute approximate surface area is 101 Å². The molecule has 1 rings (SSSR count). The van der Waals surface area contributed by atoms with Crippen molar-refractivity contribution in [1.29, 1.82) is 0 Å². The van der Waals surface area contributed by atoms with Crippen LogP contribution in [0.2, 0.25) is 5.15 Å². The predicted octanol–water partition coefficient (Wildman–Crippen LogP) is 2.21. The van der Waals surface area contributed by atoms with Crippen molar-refractivity contribution in [2.24, 2.45) is 0 Å². The van der Waals surface area contributed by atoms with E-state index in [2.05, 4.69) is 22.2 Å². The number of rotatable bonds is 6. The highest BCUT2D eigenvalue weighted by Gasteiger charge is 2.09. The average Bonchev–Trinajstić information content (AvgIpc) is 2.25. The lowest BCUT2D eigenvalue weighted by Gasteiger charge is -2.15. The van der Waals surface area contributed by atoms with E-state index in [1.165, 1.54) is 6.33 Å². The third kappa shape index (κ3) is 3.94. The van der Waals surface area contributed by atoms with E-state index in [1.807, 2.05) is 13.8 Å². The Morgan fingerprint density at radius 3 is 2.94 bits per heavy atom. The molecule has 0 spiro atoms. The van der Waals surface area contributed by atoms with E-state index in [1.54, 1.807) is 0 Å². The van der Waals surface area contributed by atoms with E-state index in [9.17, 15) is 0 Å². The summed E-state index contributed by atoms with van der Waals surface area (Å²) in [5.41, 5.74) is 0.791. The first kappa shape index (κ1) is 13.2. The van der Waals surface area contributed by atoms with Crippen LogP contribution in [0.3, 0.4) is 0 Å². The number of hydrogen-bond acceptors (Lipinski definition) is 4. The number of nitrogens with one attached hydrogen (secondary N) is 1. The summed E-state index contributed by atoms with van der Waals surface area (Å²) < 4.78 is 5.70. The van der Waals surface area contributed by atoms with Crippen molar-refractivity contribution in [2.45, 2.75) is 33.3 Å². The molecule has 1 N–H and O–H groups in total. The fraction of sp³-hybridized carbons (Fsp3) is 0.636. The molecule has 0 amide bonds. The van der Waals surface area contributed by atoms with Gasteiger partial charge in [0.2, 0.25) is 5.88 Å². The summed E-state index contributed by atoms with van der Waals surface area (Å²) in [6.45, 7) is 7.88. The van der Waals surface area contributed by atoms with Gasteiger partial charge < -0.3 is 10.1 Å². The van der Waals surface area contributed by atoms with Gasteiger partial charge in [-0.2, -0.15) is 0 Å². The van der Waals surface area contributed by atoms with Gasteiger partial charge in [0.25, 0.3) is 0 Å². The van der Waals surface area contributed by atoms with Crippen LogP contribution in [-0.4, -0.2) is 29.2 Å². The van der Waals surface area contributed by atoms with Crippen molar-refractivity contribution in [3.8, 4) is 5.88 Å². The van der Waals surface area contributed by atoms with Crippen molar-refractivity contribution in [3.63, 3.8) is 0 Å². The van der Waals surface area contributed by atoms with Crippen LogP contribution in [-0.2, 0) is 0 Å². The highest BCUT2D eigenvalue weighted by molar-refractivity contribution is 6.30. The molecule has 5 heteroatoms. The van der Waals surface area contributed by atoms with Gasteiger partial charge in [0, 0.05) is 5.56 Å². The minimum atomic E-state index is 0.115. The number of hydrogen-bond donors (Lipinski definition) is 1. The largest absolute Gasteiger partial charge is 0.474 e. The smallest absolute Gasteiger partial charge is 0.221 e. The first-order valence-electron chi connectivity index (χ1n) is 5.49. The fourth-order valence-electron chi connectivity index (χ4n) is 1.26. The Morgan fingerprint density at radius 1 is 1.50 bits per heavy atom. The Bertz CT molecular complexity index is 333. The van der Waals surface area contributed by atoms with Crippen molar-refractivity contribution in [2.75, 3.05) is 13.1 Å². The van der Waals surface area contributed by atoms with Crippen molar-refractivity contribution in [3.05, 3.63) is 17.0 Å². The van der Waals surface area contributed by atoms with Crippen LogP contribution >= 0.6 is 11.6 Å². The molecule has 0 saturated carbocycles. The van der Waals surface area contributed by atoms with E-state index in [0.717, 1.165) is 25.1 Å². The van der Waals surface area contributed by atoms with Gasteiger partial charge in [-0.05, 0) is 33.4 Å². The molecule has 1 aromatic heterocycles. The first-order chi connectivity index (χ1) is 7.65. The average molecular weight is 244 g/mol. The highest BCUT2D eigenvalue weighted by Crippen LogP contribution is 2.21. The molecule has 0 aliphatic rings. The minimum Gasteiger partial charge on any atom is -0.474 e. The molecular weight excluding hydrogens is 226 g/mol. The van der Waals surface area contributed by atoms with Crippen LogP contribution in [0.5, 0.6) is 5.88 Å². The summed E-state index contributed by atoms with van der Waals surface area (Å²) in [6, 6.07) is 0. The molecule has 1 aromatic rings. The zero-order valence-electron chi connectivity index (χ0n) is 9.96. The lowest BCUT2D eigenvalue weighted by atomic mass is 10.3. The third-order valence-electron chi connectivity index (χ3n) is 2.27. The summed E-state index contributed by atoms with van der Waals surface area (Å²) in [4.78, 5) is 7.95. The molecule has 1 heterocycles. The van der Waals surface area contributed by atoms with Gasteiger partial charge in [-0.3, -0.25) is 0 Å². The molecule has 0 radical (unpaired) electrons. The summed E-state index contributed by atoms with van der Waals surface area (Å²) >= 11 is 5.88. The van der Waals surface area contributed by atoms with Crippen LogP contribution in [0.25, 0.3) is 0 Å². The van der Waals surface area contributed by atoms with Gasteiger partial charge in [0.05, 0.1) is 6.10 Å². The number of aromatic nitrogens is 2. The van der Waals surface area contributed by atoms with Gasteiger partial charge in [0.15, 0.2) is 0 Å². The first-order valence-corrected chi connectivity index (χ1v) is 5.87. The molecule has 0 aromatic carbocycles. The second-order valence-corrected chi connectivity index (χ2v) is 4.02. The maximum atomic E-state index is 5.88. The molecule has 0 fully saturated rings. The molecule has 90 valence electrons. The van der Waals surface area contributed by atoms with E-state index in [-0.39, 0.29) is 6.10 Å². The Balaban J connectivity index is 2.49. The molecular formula is C11H18ClN3O. The standard InChI is InChI=1S/C11H18ClN3O/c1-4-13-6-5-8(2)16-11-9(3)10(12)14-7-15-11/h7-8,13H,4-6H2,1-3H3. The summed E-state index contributed by atoms with van der Waals surface area (Å²) in [7, 11) is 0. The van der Waals surface area contributed by atoms with E-state index >= 15 is 0 Å². The van der Waals surface area contributed by atoms with E-state index in [0.29, 0.717) is 11.0 Å². The molecule has 0 bridgehead atoms. The zero-order valence-corrected chi connectivity index (χ0v) is 10.7. The molecule has 4 nitrogen and oxygen atoms in total. The van der Waals surface area contributed by atoms with Gasteiger partial charge in [-0.1, -0.05) is 18.5 Å². The zero-order chi connectivity index (χ0) is 12.0. The third-order valence-corrected chi connectivity index (χ3v) is 2.65. The SMILES string of the molecule is CCNCCC(C)Oc1ncnc(Cl)c1C. The number of ether oxygens (including phenoxy) is 1. The molecule has 0 aliphatic heterocycles. The second kappa shape index (κ2) is 6.66. The molecule has 0 saturated heterocycles. The molecule has 1 unspecified atom stereocenters. The van der Waals surface area contributed by atoms with Crippen LogP contribution in [0, 0.1) is 6.92 Å².